The van der Waals surface area contributed by atoms with E-state index in [-0.39, 0.29) is 5.78 Å². The molecule has 1 aliphatic heterocycles. The average molecular weight is 276 g/mol. The summed E-state index contributed by atoms with van der Waals surface area (Å²) in [5.74, 6) is 1.15. The van der Waals surface area contributed by atoms with Crippen molar-refractivity contribution in [2.45, 2.75) is 57.4 Å². The number of hydrogen-bond acceptors (Lipinski definition) is 4. The van der Waals surface area contributed by atoms with Crippen LogP contribution in [0.15, 0.2) is 0 Å². The van der Waals surface area contributed by atoms with E-state index in [0.29, 0.717) is 12.5 Å². The van der Waals surface area contributed by atoms with Gasteiger partial charge in [-0.1, -0.05) is 6.42 Å². The third-order valence-corrected chi connectivity index (χ3v) is 6.15. The summed E-state index contributed by atoms with van der Waals surface area (Å²) in [5.41, 5.74) is 0.798. The minimum atomic E-state index is 0.267. The van der Waals surface area contributed by atoms with Gasteiger partial charge in [-0.25, -0.2) is 4.98 Å². The van der Waals surface area contributed by atoms with Crippen LogP contribution in [0, 0.1) is 5.92 Å². The molecule has 2 unspecified atom stereocenters. The SMILES string of the molecule is O=C1CCCc2sc(N3CCCC4CCCC43)nc21. The van der Waals surface area contributed by atoms with Crippen molar-refractivity contribution in [3.05, 3.63) is 10.6 Å². The number of anilines is 1. The fourth-order valence-corrected chi connectivity index (χ4v) is 5.27. The maximum absolute atomic E-state index is 11.9. The molecule has 2 fully saturated rings. The fourth-order valence-electron chi connectivity index (χ4n) is 4.07. The second-order valence-corrected chi connectivity index (χ2v) is 7.20. The average Bonchev–Trinajstić information content (AvgIpc) is 3.05. The van der Waals surface area contributed by atoms with Gasteiger partial charge in [-0.2, -0.15) is 0 Å². The Morgan fingerprint density at radius 2 is 2.00 bits per heavy atom. The van der Waals surface area contributed by atoms with Crippen LogP contribution in [0.5, 0.6) is 0 Å². The molecular formula is C15H20N2OS. The van der Waals surface area contributed by atoms with Crippen molar-refractivity contribution in [1.29, 1.82) is 0 Å². The van der Waals surface area contributed by atoms with E-state index >= 15 is 0 Å². The lowest BCUT2D eigenvalue weighted by Gasteiger charge is -2.37. The summed E-state index contributed by atoms with van der Waals surface area (Å²) in [6.45, 7) is 1.14. The van der Waals surface area contributed by atoms with Gasteiger partial charge in [0.25, 0.3) is 0 Å². The molecular weight excluding hydrogens is 256 g/mol. The molecule has 2 aliphatic carbocycles. The smallest absolute Gasteiger partial charge is 0.186 e. The molecule has 4 rings (SSSR count). The largest absolute Gasteiger partial charge is 0.345 e. The number of ketones is 1. The first-order valence-electron chi connectivity index (χ1n) is 7.62. The zero-order valence-electron chi connectivity index (χ0n) is 11.2. The Bertz CT molecular complexity index is 510. The van der Waals surface area contributed by atoms with Crippen molar-refractivity contribution in [1.82, 2.24) is 4.98 Å². The number of carbonyl (C=O) groups is 1. The highest BCUT2D eigenvalue weighted by Gasteiger charge is 2.37. The van der Waals surface area contributed by atoms with E-state index in [1.807, 2.05) is 0 Å². The molecule has 0 radical (unpaired) electrons. The van der Waals surface area contributed by atoms with Crippen molar-refractivity contribution in [3.63, 3.8) is 0 Å². The summed E-state index contributed by atoms with van der Waals surface area (Å²) in [5, 5.41) is 1.14. The highest BCUT2D eigenvalue weighted by atomic mass is 32.1. The van der Waals surface area contributed by atoms with Gasteiger partial charge in [-0.15, -0.1) is 11.3 Å². The molecule has 1 aromatic heterocycles. The maximum atomic E-state index is 11.9. The molecule has 1 saturated carbocycles. The van der Waals surface area contributed by atoms with Gasteiger partial charge in [0.2, 0.25) is 0 Å². The van der Waals surface area contributed by atoms with Gasteiger partial charge in [0.15, 0.2) is 10.9 Å². The Hall–Kier alpha value is -0.900. The quantitative estimate of drug-likeness (QED) is 0.788. The van der Waals surface area contributed by atoms with Gasteiger partial charge < -0.3 is 4.90 Å². The van der Waals surface area contributed by atoms with Gasteiger partial charge in [0, 0.05) is 23.9 Å². The van der Waals surface area contributed by atoms with E-state index in [9.17, 15) is 4.79 Å². The Morgan fingerprint density at radius 3 is 2.89 bits per heavy atom. The molecule has 1 saturated heterocycles. The third-order valence-electron chi connectivity index (χ3n) is 5.00. The third kappa shape index (κ3) is 1.92. The fraction of sp³-hybridized carbons (Fsp3) is 0.733. The summed E-state index contributed by atoms with van der Waals surface area (Å²) in [4.78, 5) is 20.4. The van der Waals surface area contributed by atoms with Crippen LogP contribution in [0.1, 0.15) is 60.3 Å². The Labute approximate surface area is 118 Å². The highest BCUT2D eigenvalue weighted by molar-refractivity contribution is 7.16. The van der Waals surface area contributed by atoms with Crippen LogP contribution in [0.4, 0.5) is 5.13 Å². The minimum absolute atomic E-state index is 0.267. The second kappa shape index (κ2) is 4.58. The predicted molar refractivity (Wildman–Crippen MR) is 77.1 cm³/mol. The minimum Gasteiger partial charge on any atom is -0.345 e. The number of nitrogens with zero attached hydrogens (tertiary/aromatic N) is 2. The molecule has 4 heteroatoms. The molecule has 19 heavy (non-hydrogen) atoms. The van der Waals surface area contributed by atoms with E-state index in [4.69, 9.17) is 4.98 Å². The van der Waals surface area contributed by atoms with Crippen LogP contribution in [0.2, 0.25) is 0 Å². The van der Waals surface area contributed by atoms with Gasteiger partial charge >= 0.3 is 0 Å². The molecule has 0 N–H and O–H groups in total. The Balaban J connectivity index is 1.66. The number of hydrogen-bond donors (Lipinski definition) is 0. The molecule has 0 amide bonds. The van der Waals surface area contributed by atoms with Crippen molar-refractivity contribution in [2.24, 2.45) is 5.92 Å². The molecule has 3 aliphatic rings. The number of carbonyl (C=O) groups excluding carboxylic acids is 1. The number of aryl methyl sites for hydroxylation is 1. The number of thiazole rings is 1. The Kier molecular flexibility index (Phi) is 2.87. The maximum Gasteiger partial charge on any atom is 0.186 e. The zero-order chi connectivity index (χ0) is 12.8. The molecule has 0 bridgehead atoms. The van der Waals surface area contributed by atoms with Gasteiger partial charge in [-0.3, -0.25) is 4.79 Å². The summed E-state index contributed by atoms with van der Waals surface area (Å²) >= 11 is 1.79. The molecule has 2 heterocycles. The van der Waals surface area contributed by atoms with E-state index < -0.39 is 0 Å². The lowest BCUT2D eigenvalue weighted by molar-refractivity contribution is 0.0968. The van der Waals surface area contributed by atoms with Crippen molar-refractivity contribution >= 4 is 22.3 Å². The lowest BCUT2D eigenvalue weighted by atomic mass is 9.92. The van der Waals surface area contributed by atoms with Gasteiger partial charge in [0.1, 0.15) is 5.69 Å². The zero-order valence-corrected chi connectivity index (χ0v) is 12.0. The highest BCUT2D eigenvalue weighted by Crippen LogP contribution is 2.41. The first-order valence-corrected chi connectivity index (χ1v) is 8.44. The molecule has 102 valence electrons. The van der Waals surface area contributed by atoms with E-state index in [1.165, 1.54) is 37.0 Å². The standard InChI is InChI=1S/C15H20N2OS/c18-12-7-2-8-13-14(12)16-15(19-13)17-9-3-5-10-4-1-6-11(10)17/h10-11H,1-9H2. The van der Waals surface area contributed by atoms with Gasteiger partial charge in [0.05, 0.1) is 0 Å². The van der Waals surface area contributed by atoms with Gasteiger partial charge in [-0.05, 0) is 44.4 Å². The summed E-state index contributed by atoms with van der Waals surface area (Å²) < 4.78 is 0. The van der Waals surface area contributed by atoms with Crippen LogP contribution in [0.25, 0.3) is 0 Å². The second-order valence-electron chi connectivity index (χ2n) is 6.14. The van der Waals surface area contributed by atoms with Crippen LogP contribution in [0.3, 0.4) is 0 Å². The molecule has 1 aromatic rings. The van der Waals surface area contributed by atoms with Crippen LogP contribution in [-0.2, 0) is 6.42 Å². The molecule has 0 aromatic carbocycles. The first-order chi connectivity index (χ1) is 9.33. The summed E-state index contributed by atoms with van der Waals surface area (Å²) in [6, 6.07) is 0.705. The normalized spacial score (nSPS) is 30.3. The molecule has 2 atom stereocenters. The summed E-state index contributed by atoms with van der Waals surface area (Å²) in [6.07, 6.45) is 9.54. The summed E-state index contributed by atoms with van der Waals surface area (Å²) in [7, 11) is 0. The van der Waals surface area contributed by atoms with Crippen molar-refractivity contribution < 1.29 is 4.79 Å². The molecule has 0 spiro atoms. The monoisotopic (exact) mass is 276 g/mol. The number of Topliss-reactive ketones (excluding diaryl/α,β-unsaturated/α-hetero) is 1. The topological polar surface area (TPSA) is 33.2 Å². The van der Waals surface area contributed by atoms with Crippen molar-refractivity contribution in [3.8, 4) is 0 Å². The number of piperidine rings is 1. The Morgan fingerprint density at radius 1 is 1.11 bits per heavy atom. The van der Waals surface area contributed by atoms with E-state index in [2.05, 4.69) is 4.90 Å². The lowest BCUT2D eigenvalue weighted by Crippen LogP contribution is -2.42. The predicted octanol–water partition coefficient (Wildman–Crippen LogP) is 3.43. The van der Waals surface area contributed by atoms with E-state index in [1.54, 1.807) is 11.3 Å². The first kappa shape index (κ1) is 11.9. The van der Waals surface area contributed by atoms with Crippen LogP contribution < -0.4 is 4.90 Å². The van der Waals surface area contributed by atoms with Crippen LogP contribution in [-0.4, -0.2) is 23.4 Å². The molecule has 3 nitrogen and oxygen atoms in total. The number of aromatic nitrogens is 1. The van der Waals surface area contributed by atoms with Crippen LogP contribution >= 0.6 is 11.3 Å². The van der Waals surface area contributed by atoms with Crippen molar-refractivity contribution in [2.75, 3.05) is 11.4 Å². The number of rotatable bonds is 1. The van der Waals surface area contributed by atoms with E-state index in [0.717, 1.165) is 36.1 Å². The number of fused-ring (bicyclic) bond motifs is 2.